The number of fused-ring (bicyclic) bond motifs is 2. The van der Waals surface area contributed by atoms with E-state index in [2.05, 4.69) is 35.3 Å². The van der Waals surface area contributed by atoms with Gasteiger partial charge >= 0.3 is 12.1 Å². The Morgan fingerprint density at radius 3 is 2.29 bits per heavy atom. The van der Waals surface area contributed by atoms with Gasteiger partial charge in [0.1, 0.15) is 29.0 Å². The van der Waals surface area contributed by atoms with Crippen molar-refractivity contribution in [1.82, 2.24) is 64.7 Å². The number of carbonyl (C=O) groups excluding carboxylic acids is 4. The number of nitrogens with zero attached hydrogens (tertiary/aromatic N) is 14. The molecule has 10 heterocycles. The van der Waals surface area contributed by atoms with E-state index < -0.39 is 17.7 Å². The van der Waals surface area contributed by atoms with Crippen molar-refractivity contribution < 1.29 is 42.7 Å². The highest BCUT2D eigenvalue weighted by molar-refractivity contribution is 6.09. The van der Waals surface area contributed by atoms with Crippen LogP contribution in [0, 0.1) is 17.2 Å². The molecule has 0 atom stereocenters. The Morgan fingerprint density at radius 1 is 0.921 bits per heavy atom. The monoisotopic (exact) mass is 1040 g/mol. The predicted octanol–water partition coefficient (Wildman–Crippen LogP) is 4.70. The van der Waals surface area contributed by atoms with Crippen LogP contribution in [0.5, 0.6) is 0 Å². The Hall–Kier alpha value is -7.83. The van der Waals surface area contributed by atoms with E-state index in [1.165, 1.54) is 15.9 Å². The number of carbonyl (C=O) groups is 5. The number of rotatable bonds is 10. The lowest BCUT2D eigenvalue weighted by Gasteiger charge is -2.61. The maximum Gasteiger partial charge on any atom is 0.410 e. The molecule has 12 rings (SSSR count). The highest BCUT2D eigenvalue weighted by atomic mass is 19.1. The van der Waals surface area contributed by atoms with Crippen molar-refractivity contribution in [3.63, 3.8) is 0 Å². The van der Waals surface area contributed by atoms with Crippen LogP contribution in [-0.4, -0.2) is 167 Å². The average molecular weight is 1050 g/mol. The van der Waals surface area contributed by atoms with E-state index in [4.69, 9.17) is 40.0 Å². The minimum Gasteiger partial charge on any atom is -0.483 e. The number of anilines is 3. The first kappa shape index (κ1) is 50.3. The molecule has 6 fully saturated rings. The number of amides is 5. The molecule has 0 unspecified atom stereocenters. The maximum atomic E-state index is 16.0. The summed E-state index contributed by atoms with van der Waals surface area (Å²) in [6.07, 6.45) is 9.95. The summed E-state index contributed by atoms with van der Waals surface area (Å²) in [6.45, 7) is 12.4. The largest absolute Gasteiger partial charge is 0.483 e. The Labute approximate surface area is 435 Å². The molecule has 0 radical (unpaired) electrons. The highest BCUT2D eigenvalue weighted by Crippen LogP contribution is 2.49. The van der Waals surface area contributed by atoms with E-state index >= 15 is 4.39 Å². The molecular formula is C51H61FN16O8. The van der Waals surface area contributed by atoms with Gasteiger partial charge < -0.3 is 39.7 Å². The lowest BCUT2D eigenvalue weighted by Crippen LogP contribution is -2.72. The zero-order chi connectivity index (χ0) is 53.2. The molecule has 1 aliphatic carbocycles. The molecule has 24 nitrogen and oxygen atoms in total. The number of hydrogen-bond acceptors (Lipinski definition) is 17. The summed E-state index contributed by atoms with van der Waals surface area (Å²) >= 11 is 0. The molecule has 0 bridgehead atoms. The molecule has 6 aromatic rings. The van der Waals surface area contributed by atoms with Gasteiger partial charge in [-0.05, 0) is 88.8 Å². The number of nitrogen functional groups attached to an aromatic ring is 1. The molecule has 6 aliphatic rings. The lowest BCUT2D eigenvalue weighted by molar-refractivity contribution is -0.136. The standard InChI is InChI=1S/C50H59FN16O6.CH2O2/c1-49(2,3)67-46-37(43(52)55-27-56-46)39(58-67)40-36(42(73-60-40)30-5-6-30)44-53-19-31(20-54-44)29-11-16-64(17-12-29)48(71)72-22-35(69)63-14-9-28(10-15-63)21-62-23-50(24-62)25-65(26-50)33-8-7-32-41(38(33)51)61(4)59-45(32)66-18-13-34(68)57-47(66)70;2-1-3/h7-8,19-20,27-30H,5-6,9-18,21-26H2,1-4H3,(H2,52,55,56)(H,57,68,70);1H,(H,2,3). The topological polar surface area (TPSA) is 282 Å². The van der Waals surface area contributed by atoms with Crippen molar-refractivity contribution in [2.24, 2.45) is 18.4 Å². The Bertz CT molecular complexity index is 3230. The second kappa shape index (κ2) is 19.7. The van der Waals surface area contributed by atoms with Crippen LogP contribution in [0.3, 0.4) is 0 Å². The van der Waals surface area contributed by atoms with Crippen molar-refractivity contribution in [3.05, 3.63) is 48.0 Å². The van der Waals surface area contributed by atoms with Gasteiger partial charge in [0, 0.05) is 108 Å². The van der Waals surface area contributed by atoms with Gasteiger partial charge in [0.05, 0.1) is 22.2 Å². The minimum absolute atomic E-state index is 0.125. The van der Waals surface area contributed by atoms with Crippen LogP contribution >= 0.6 is 0 Å². The van der Waals surface area contributed by atoms with Crippen molar-refractivity contribution >= 4 is 69.7 Å². The number of nitrogens with one attached hydrogen (secondary N) is 1. The second-order valence-corrected chi connectivity index (χ2v) is 22.0. The zero-order valence-corrected chi connectivity index (χ0v) is 42.9. The number of halogens is 1. The van der Waals surface area contributed by atoms with Gasteiger partial charge in [0.15, 0.2) is 35.5 Å². The highest BCUT2D eigenvalue weighted by Gasteiger charge is 2.52. The number of nitrogens with two attached hydrogens (primary N) is 1. The molecule has 5 aromatic heterocycles. The quantitative estimate of drug-likeness (QED) is 0.157. The number of imide groups is 1. The molecule has 5 aliphatic heterocycles. The fourth-order valence-electron chi connectivity index (χ4n) is 11.7. The smallest absolute Gasteiger partial charge is 0.410 e. The van der Waals surface area contributed by atoms with E-state index in [1.807, 2.05) is 43.9 Å². The van der Waals surface area contributed by atoms with Crippen LogP contribution in [-0.2, 0) is 31.7 Å². The first-order valence-corrected chi connectivity index (χ1v) is 25.9. The number of aromatic nitrogens is 9. The number of ether oxygens (including phenoxy) is 1. The molecule has 1 saturated carbocycles. The number of hydrogen-bond donors (Lipinski definition) is 3. The molecular weight excluding hydrogens is 984 g/mol. The molecule has 5 saturated heterocycles. The van der Waals surface area contributed by atoms with Crippen LogP contribution in [0.1, 0.15) is 88.9 Å². The number of benzene rings is 1. The lowest BCUT2D eigenvalue weighted by atomic mass is 9.72. The maximum absolute atomic E-state index is 16.0. The molecule has 400 valence electrons. The van der Waals surface area contributed by atoms with Crippen molar-refractivity contribution in [2.45, 2.75) is 83.1 Å². The summed E-state index contributed by atoms with van der Waals surface area (Å²) in [5.74, 6) is 1.79. The zero-order valence-electron chi connectivity index (χ0n) is 42.9. The van der Waals surface area contributed by atoms with Gasteiger partial charge in [-0.2, -0.15) is 10.2 Å². The van der Waals surface area contributed by atoms with E-state index in [0.717, 1.165) is 69.7 Å². The number of carboxylic acid groups (broad SMARTS) is 1. The molecule has 5 amide bonds. The Balaban J connectivity index is 0.00000201. The van der Waals surface area contributed by atoms with Gasteiger partial charge in [-0.25, -0.2) is 38.6 Å². The van der Waals surface area contributed by atoms with E-state index in [0.29, 0.717) is 107 Å². The first-order chi connectivity index (χ1) is 36.5. The second-order valence-electron chi connectivity index (χ2n) is 22.0. The van der Waals surface area contributed by atoms with Crippen molar-refractivity contribution in [2.75, 3.05) is 87.6 Å². The van der Waals surface area contributed by atoms with Gasteiger partial charge in [-0.3, -0.25) is 29.3 Å². The summed E-state index contributed by atoms with van der Waals surface area (Å²) in [5.41, 5.74) is 10.3. The third kappa shape index (κ3) is 9.37. The van der Waals surface area contributed by atoms with E-state index in [9.17, 15) is 19.2 Å². The summed E-state index contributed by atoms with van der Waals surface area (Å²) < 4.78 is 30.9. The number of aryl methyl sites for hydroxylation is 1. The van der Waals surface area contributed by atoms with Gasteiger partial charge in [0.25, 0.3) is 12.4 Å². The summed E-state index contributed by atoms with van der Waals surface area (Å²) in [4.78, 5) is 86.8. The SMILES string of the molecule is Cn1nc(N2CCC(=O)NC2=O)c2ccc(N3CC4(CN(CC5CCN(C(=O)COC(=O)N6CCC(c7cnc(-c8c(-c9nn(C(C)(C)C)c%10ncnc(N)c9%10)noc8C8CC8)nc7)CC6)CC5)C4)C3)c(F)c21.O=CO. The number of piperidine rings is 2. The average Bonchev–Trinajstić information content (AvgIpc) is 3.90. The minimum atomic E-state index is -0.555. The van der Waals surface area contributed by atoms with Crippen LogP contribution in [0.2, 0.25) is 0 Å². The summed E-state index contributed by atoms with van der Waals surface area (Å²) in [7, 11) is 1.66. The fraction of sp³-hybridized carbons (Fsp3) is 0.529. The fourth-order valence-corrected chi connectivity index (χ4v) is 11.7. The van der Waals surface area contributed by atoms with Crippen molar-refractivity contribution in [3.8, 4) is 22.8 Å². The molecule has 1 spiro atoms. The normalized spacial score (nSPS) is 19.4. The summed E-state index contributed by atoms with van der Waals surface area (Å²) in [5, 5.41) is 24.2. The summed E-state index contributed by atoms with van der Waals surface area (Å²) in [6, 6.07) is 3.02. The number of urea groups is 1. The van der Waals surface area contributed by atoms with Gasteiger partial charge in [0.2, 0.25) is 5.91 Å². The Kier molecular flexibility index (Phi) is 13.1. The third-order valence-electron chi connectivity index (χ3n) is 15.7. The predicted molar refractivity (Wildman–Crippen MR) is 273 cm³/mol. The van der Waals surface area contributed by atoms with E-state index in [1.54, 1.807) is 22.9 Å². The van der Waals surface area contributed by atoms with Crippen molar-refractivity contribution in [1.29, 1.82) is 0 Å². The molecule has 4 N–H and O–H groups in total. The van der Waals surface area contributed by atoms with Gasteiger partial charge in [-0.1, -0.05) is 5.16 Å². The molecule has 1 aromatic carbocycles. The first-order valence-electron chi connectivity index (χ1n) is 25.9. The third-order valence-corrected chi connectivity index (χ3v) is 15.7. The van der Waals surface area contributed by atoms with Gasteiger partial charge in [-0.15, -0.1) is 0 Å². The number of likely N-dealkylation sites (tertiary alicyclic amines) is 3. The van der Waals surface area contributed by atoms with Crippen LogP contribution in [0.4, 0.5) is 31.3 Å². The van der Waals surface area contributed by atoms with E-state index in [-0.39, 0.29) is 60.9 Å². The van der Waals surface area contributed by atoms with Crippen LogP contribution in [0.25, 0.3) is 44.7 Å². The van der Waals surface area contributed by atoms with Crippen LogP contribution < -0.4 is 20.9 Å². The Morgan fingerprint density at radius 2 is 1.62 bits per heavy atom. The molecule has 76 heavy (non-hydrogen) atoms. The molecule has 25 heteroatoms. The van der Waals surface area contributed by atoms with Crippen LogP contribution in [0.15, 0.2) is 35.4 Å².